The second-order valence-electron chi connectivity index (χ2n) is 4.55. The summed E-state index contributed by atoms with van der Waals surface area (Å²) in [6.07, 6.45) is 4.46. The third kappa shape index (κ3) is 3.19. The molecule has 1 aliphatic heterocycles. The van der Waals surface area contributed by atoms with Gasteiger partial charge in [0.2, 0.25) is 0 Å². The molecular weight excluding hydrogens is 236 g/mol. The van der Waals surface area contributed by atoms with Crippen molar-refractivity contribution in [1.82, 2.24) is 4.98 Å². The van der Waals surface area contributed by atoms with Crippen molar-refractivity contribution in [3.05, 3.63) is 11.1 Å². The number of nitrogens with zero attached hydrogens (tertiary/aromatic N) is 2. The van der Waals surface area contributed by atoms with Crippen molar-refractivity contribution in [2.75, 3.05) is 11.4 Å². The first-order valence-electron chi connectivity index (χ1n) is 6.07. The van der Waals surface area contributed by atoms with Gasteiger partial charge in [-0.05, 0) is 32.6 Å². The smallest absolute Gasteiger partial charge is 0.303 e. The Balaban J connectivity index is 2.04. The van der Waals surface area contributed by atoms with E-state index in [2.05, 4.69) is 15.3 Å². The van der Waals surface area contributed by atoms with Crippen LogP contribution in [0.2, 0.25) is 0 Å². The highest BCUT2D eigenvalue weighted by atomic mass is 32.1. The largest absolute Gasteiger partial charge is 0.481 e. The van der Waals surface area contributed by atoms with E-state index in [-0.39, 0.29) is 6.42 Å². The molecule has 0 saturated carbocycles. The lowest BCUT2D eigenvalue weighted by Crippen LogP contribution is -2.39. The van der Waals surface area contributed by atoms with Gasteiger partial charge >= 0.3 is 5.97 Å². The molecule has 0 aliphatic carbocycles. The lowest BCUT2D eigenvalue weighted by atomic mass is 9.98. The minimum Gasteiger partial charge on any atom is -0.481 e. The Kier molecular flexibility index (Phi) is 3.99. The van der Waals surface area contributed by atoms with Crippen molar-refractivity contribution < 1.29 is 9.90 Å². The molecule has 0 spiro atoms. The fourth-order valence-corrected chi connectivity index (χ4v) is 3.22. The molecular formula is C12H18N2O2S. The van der Waals surface area contributed by atoms with Crippen LogP contribution in [0.4, 0.5) is 5.13 Å². The van der Waals surface area contributed by atoms with Gasteiger partial charge in [-0.25, -0.2) is 4.98 Å². The van der Waals surface area contributed by atoms with Crippen LogP contribution in [0.5, 0.6) is 0 Å². The van der Waals surface area contributed by atoms with Crippen LogP contribution in [0, 0.1) is 6.92 Å². The summed E-state index contributed by atoms with van der Waals surface area (Å²) in [6.45, 7) is 3.01. The van der Waals surface area contributed by atoms with Gasteiger partial charge in [-0.1, -0.05) is 0 Å². The monoisotopic (exact) mass is 254 g/mol. The van der Waals surface area contributed by atoms with Gasteiger partial charge in [0.25, 0.3) is 0 Å². The molecule has 1 saturated heterocycles. The normalized spacial score (nSPS) is 20.5. The minimum atomic E-state index is -0.703. The molecule has 2 rings (SSSR count). The maximum absolute atomic E-state index is 10.7. The number of carboxylic acid groups (broad SMARTS) is 1. The van der Waals surface area contributed by atoms with Crippen molar-refractivity contribution in [2.45, 2.75) is 45.1 Å². The Labute approximate surface area is 105 Å². The Hall–Kier alpha value is -1.10. The molecule has 0 radical (unpaired) electrons. The van der Waals surface area contributed by atoms with Crippen LogP contribution in [0.1, 0.15) is 37.8 Å². The number of aryl methyl sites for hydroxylation is 1. The number of piperidine rings is 1. The molecule has 1 fully saturated rings. The molecule has 17 heavy (non-hydrogen) atoms. The van der Waals surface area contributed by atoms with E-state index in [1.165, 1.54) is 12.8 Å². The first kappa shape index (κ1) is 12.4. The maximum atomic E-state index is 10.7. The summed E-state index contributed by atoms with van der Waals surface area (Å²) in [4.78, 5) is 17.5. The zero-order valence-corrected chi connectivity index (χ0v) is 10.9. The molecule has 1 aliphatic rings. The van der Waals surface area contributed by atoms with Crippen LogP contribution in [0.3, 0.4) is 0 Å². The highest BCUT2D eigenvalue weighted by Crippen LogP contribution is 2.29. The van der Waals surface area contributed by atoms with Gasteiger partial charge in [0.15, 0.2) is 5.13 Å². The van der Waals surface area contributed by atoms with Crippen LogP contribution in [0.25, 0.3) is 0 Å². The molecule has 1 unspecified atom stereocenters. The molecule has 0 amide bonds. The van der Waals surface area contributed by atoms with Crippen molar-refractivity contribution in [1.29, 1.82) is 0 Å². The lowest BCUT2D eigenvalue weighted by molar-refractivity contribution is -0.137. The Morgan fingerprint density at radius 3 is 3.12 bits per heavy atom. The maximum Gasteiger partial charge on any atom is 0.303 e. The lowest BCUT2D eigenvalue weighted by Gasteiger charge is -2.35. The number of aromatic nitrogens is 1. The van der Waals surface area contributed by atoms with Gasteiger partial charge in [-0.3, -0.25) is 4.79 Å². The highest BCUT2D eigenvalue weighted by molar-refractivity contribution is 7.13. The zero-order valence-electron chi connectivity index (χ0n) is 10.1. The van der Waals surface area contributed by atoms with Gasteiger partial charge in [0, 0.05) is 24.4 Å². The van der Waals surface area contributed by atoms with Gasteiger partial charge in [-0.2, -0.15) is 0 Å². The molecule has 1 aromatic rings. The second-order valence-corrected chi connectivity index (χ2v) is 5.38. The van der Waals surface area contributed by atoms with Gasteiger partial charge in [0.05, 0.1) is 5.69 Å². The molecule has 2 heterocycles. The van der Waals surface area contributed by atoms with Crippen LogP contribution in [0.15, 0.2) is 5.38 Å². The fourth-order valence-electron chi connectivity index (χ4n) is 2.32. The number of carboxylic acids is 1. The van der Waals surface area contributed by atoms with E-state index in [1.54, 1.807) is 11.3 Å². The zero-order chi connectivity index (χ0) is 12.3. The van der Waals surface area contributed by atoms with Crippen LogP contribution >= 0.6 is 11.3 Å². The number of hydrogen-bond donors (Lipinski definition) is 1. The predicted molar refractivity (Wildman–Crippen MR) is 68.7 cm³/mol. The predicted octanol–water partition coefficient (Wildman–Crippen LogP) is 2.68. The van der Waals surface area contributed by atoms with E-state index in [0.717, 1.165) is 30.2 Å². The van der Waals surface area contributed by atoms with E-state index in [0.29, 0.717) is 6.04 Å². The first-order valence-corrected chi connectivity index (χ1v) is 6.95. The molecule has 5 heteroatoms. The minimum absolute atomic E-state index is 0.255. The molecule has 1 aromatic heterocycles. The molecule has 1 N–H and O–H groups in total. The van der Waals surface area contributed by atoms with Crippen molar-refractivity contribution in [3.8, 4) is 0 Å². The molecule has 4 nitrogen and oxygen atoms in total. The number of carbonyl (C=O) groups is 1. The average Bonchev–Trinajstić information content (AvgIpc) is 2.73. The SMILES string of the molecule is Cc1csc(N2CCCCC2CCC(=O)O)n1. The standard InChI is InChI=1S/C12H18N2O2S/c1-9-8-17-12(13-9)14-7-3-2-4-10(14)5-6-11(15)16/h8,10H,2-7H2,1H3,(H,15,16). The highest BCUT2D eigenvalue weighted by Gasteiger charge is 2.24. The number of rotatable bonds is 4. The average molecular weight is 254 g/mol. The van der Waals surface area contributed by atoms with Crippen LogP contribution in [-0.2, 0) is 4.79 Å². The van der Waals surface area contributed by atoms with Gasteiger partial charge in [0.1, 0.15) is 0 Å². The van der Waals surface area contributed by atoms with Crippen molar-refractivity contribution >= 4 is 22.4 Å². The molecule has 94 valence electrons. The topological polar surface area (TPSA) is 53.4 Å². The number of hydrogen-bond acceptors (Lipinski definition) is 4. The van der Waals surface area contributed by atoms with Gasteiger partial charge < -0.3 is 10.0 Å². The summed E-state index contributed by atoms with van der Waals surface area (Å²) >= 11 is 1.66. The van der Waals surface area contributed by atoms with Crippen molar-refractivity contribution in [3.63, 3.8) is 0 Å². The summed E-state index contributed by atoms with van der Waals surface area (Å²) in [7, 11) is 0. The molecule has 0 aromatic carbocycles. The van der Waals surface area contributed by atoms with Gasteiger partial charge in [-0.15, -0.1) is 11.3 Å². The Morgan fingerprint density at radius 1 is 1.65 bits per heavy atom. The quantitative estimate of drug-likeness (QED) is 0.897. The van der Waals surface area contributed by atoms with E-state index in [9.17, 15) is 4.79 Å². The Morgan fingerprint density at radius 2 is 2.47 bits per heavy atom. The van der Waals surface area contributed by atoms with Crippen LogP contribution in [-0.4, -0.2) is 28.6 Å². The summed E-state index contributed by atoms with van der Waals surface area (Å²) < 4.78 is 0. The third-order valence-corrected chi connectivity index (χ3v) is 4.17. The number of anilines is 1. The number of thiazole rings is 1. The first-order chi connectivity index (χ1) is 8.16. The summed E-state index contributed by atoms with van der Waals surface area (Å²) in [5.74, 6) is -0.703. The molecule has 1 atom stereocenters. The fraction of sp³-hybridized carbons (Fsp3) is 0.667. The third-order valence-electron chi connectivity index (χ3n) is 3.17. The molecule has 0 bridgehead atoms. The van der Waals surface area contributed by atoms with E-state index in [4.69, 9.17) is 5.11 Å². The summed E-state index contributed by atoms with van der Waals surface area (Å²) in [5, 5.41) is 11.9. The number of aliphatic carboxylic acids is 1. The van der Waals surface area contributed by atoms with E-state index >= 15 is 0 Å². The van der Waals surface area contributed by atoms with Crippen molar-refractivity contribution in [2.24, 2.45) is 0 Å². The summed E-state index contributed by atoms with van der Waals surface area (Å²) in [6, 6.07) is 0.352. The summed E-state index contributed by atoms with van der Waals surface area (Å²) in [5.41, 5.74) is 1.05. The van der Waals surface area contributed by atoms with E-state index in [1.807, 2.05) is 6.92 Å². The van der Waals surface area contributed by atoms with E-state index < -0.39 is 5.97 Å². The van der Waals surface area contributed by atoms with Crippen LogP contribution < -0.4 is 4.90 Å². The second kappa shape index (κ2) is 5.49. The Bertz CT molecular complexity index is 392.